The molecule has 0 saturated heterocycles. The third-order valence-electron chi connectivity index (χ3n) is 1.99. The first-order chi connectivity index (χ1) is 8.42. The van der Waals surface area contributed by atoms with Gasteiger partial charge in [-0.1, -0.05) is 15.9 Å². The zero-order chi connectivity index (χ0) is 13.6. The minimum atomic E-state index is -4.28. The normalized spacial score (nSPS) is 11.4. The van der Waals surface area contributed by atoms with Crippen LogP contribution in [0.1, 0.15) is 0 Å². The first-order valence-corrected chi connectivity index (χ1v) is 5.93. The lowest BCUT2D eigenvalue weighted by molar-refractivity contribution is -0.172. The molecule has 0 aliphatic carbocycles. The molecule has 0 saturated carbocycles. The number of hydrogen-bond donors (Lipinski definition) is 1. The Balaban J connectivity index is 2.37. The Bertz CT molecular complexity index is 385. The highest BCUT2D eigenvalue weighted by atomic mass is 79.9. The van der Waals surface area contributed by atoms with Crippen LogP contribution in [0.3, 0.4) is 0 Å². The summed E-state index contributed by atoms with van der Waals surface area (Å²) in [7, 11) is 1.52. The molecule has 102 valence electrons. The molecule has 0 aliphatic heterocycles. The lowest BCUT2D eigenvalue weighted by atomic mass is 10.3. The van der Waals surface area contributed by atoms with Crippen LogP contribution in [0.25, 0.3) is 0 Å². The fourth-order valence-electron chi connectivity index (χ4n) is 1.26. The molecule has 1 aromatic carbocycles. The second-order valence-electron chi connectivity index (χ2n) is 3.44. The quantitative estimate of drug-likeness (QED) is 0.812. The molecule has 7 heteroatoms. The van der Waals surface area contributed by atoms with Gasteiger partial charge in [0.05, 0.1) is 19.4 Å². The highest BCUT2D eigenvalue weighted by Gasteiger charge is 2.27. The first kappa shape index (κ1) is 15.1. The number of alkyl halides is 3. The third kappa shape index (κ3) is 5.59. The van der Waals surface area contributed by atoms with E-state index >= 15 is 0 Å². The van der Waals surface area contributed by atoms with E-state index in [4.69, 9.17) is 4.74 Å². The average Bonchev–Trinajstić information content (AvgIpc) is 2.27. The molecular weight excluding hydrogens is 315 g/mol. The van der Waals surface area contributed by atoms with E-state index in [2.05, 4.69) is 26.0 Å². The standard InChI is InChI=1S/C11H13BrF3NO2/c1-17-10-3-2-8(12)6-9(10)16-4-5-18-7-11(13,14)15/h2-3,6,16H,4-5,7H2,1H3. The maximum Gasteiger partial charge on any atom is 0.411 e. The number of anilines is 1. The van der Waals surface area contributed by atoms with E-state index in [9.17, 15) is 13.2 Å². The molecule has 0 unspecified atom stereocenters. The van der Waals surface area contributed by atoms with Gasteiger partial charge >= 0.3 is 6.18 Å². The van der Waals surface area contributed by atoms with Gasteiger partial charge in [-0.2, -0.15) is 13.2 Å². The first-order valence-electron chi connectivity index (χ1n) is 5.14. The monoisotopic (exact) mass is 327 g/mol. The minimum Gasteiger partial charge on any atom is -0.495 e. The van der Waals surface area contributed by atoms with Crippen molar-refractivity contribution in [3.63, 3.8) is 0 Å². The smallest absolute Gasteiger partial charge is 0.411 e. The molecule has 1 aromatic rings. The molecule has 0 radical (unpaired) electrons. The second-order valence-corrected chi connectivity index (χ2v) is 4.35. The molecule has 0 aromatic heterocycles. The number of ether oxygens (including phenoxy) is 2. The molecule has 1 N–H and O–H groups in total. The van der Waals surface area contributed by atoms with Crippen LogP contribution < -0.4 is 10.1 Å². The zero-order valence-corrected chi connectivity index (χ0v) is 11.3. The van der Waals surface area contributed by atoms with E-state index in [0.717, 1.165) is 4.47 Å². The molecule has 0 aliphatic rings. The largest absolute Gasteiger partial charge is 0.495 e. The molecule has 0 spiro atoms. The van der Waals surface area contributed by atoms with Gasteiger partial charge in [-0.25, -0.2) is 0 Å². The van der Waals surface area contributed by atoms with Gasteiger partial charge in [0.1, 0.15) is 12.4 Å². The van der Waals surface area contributed by atoms with Gasteiger partial charge < -0.3 is 14.8 Å². The summed E-state index contributed by atoms with van der Waals surface area (Å²) in [6.07, 6.45) is -4.28. The lowest BCUT2D eigenvalue weighted by Crippen LogP contribution is -2.20. The van der Waals surface area contributed by atoms with Crippen molar-refractivity contribution in [2.75, 3.05) is 32.2 Å². The van der Waals surface area contributed by atoms with Crippen LogP contribution in [0.5, 0.6) is 5.75 Å². The van der Waals surface area contributed by atoms with E-state index in [-0.39, 0.29) is 13.2 Å². The summed E-state index contributed by atoms with van der Waals surface area (Å²) in [5.41, 5.74) is 0.697. The number of methoxy groups -OCH3 is 1. The van der Waals surface area contributed by atoms with E-state index in [1.54, 1.807) is 12.1 Å². The minimum absolute atomic E-state index is 0.0326. The zero-order valence-electron chi connectivity index (χ0n) is 9.68. The number of halogens is 4. The number of nitrogens with one attached hydrogen (secondary N) is 1. The predicted molar refractivity (Wildman–Crippen MR) is 66.1 cm³/mol. The summed E-state index contributed by atoms with van der Waals surface area (Å²) in [5.74, 6) is 0.619. The molecule has 1 rings (SSSR count). The lowest BCUT2D eigenvalue weighted by Gasteiger charge is -2.12. The molecule has 3 nitrogen and oxygen atoms in total. The van der Waals surface area contributed by atoms with Crippen LogP contribution in [-0.4, -0.2) is 33.0 Å². The van der Waals surface area contributed by atoms with Gasteiger partial charge in [-0.15, -0.1) is 0 Å². The van der Waals surface area contributed by atoms with E-state index < -0.39 is 12.8 Å². The SMILES string of the molecule is COc1ccc(Br)cc1NCCOCC(F)(F)F. The van der Waals surface area contributed by atoms with Crippen molar-refractivity contribution < 1.29 is 22.6 Å². The molecule has 0 bridgehead atoms. The Morgan fingerprint density at radius 1 is 1.33 bits per heavy atom. The Labute approximate surface area is 111 Å². The van der Waals surface area contributed by atoms with Gasteiger partial charge in [0.2, 0.25) is 0 Å². The van der Waals surface area contributed by atoms with Crippen molar-refractivity contribution in [1.29, 1.82) is 0 Å². The van der Waals surface area contributed by atoms with Crippen molar-refractivity contribution in [2.24, 2.45) is 0 Å². The summed E-state index contributed by atoms with van der Waals surface area (Å²) in [6, 6.07) is 5.34. The fourth-order valence-corrected chi connectivity index (χ4v) is 1.63. The Kier molecular flexibility index (Phi) is 5.74. The van der Waals surface area contributed by atoms with Crippen LogP contribution in [-0.2, 0) is 4.74 Å². The van der Waals surface area contributed by atoms with Crippen molar-refractivity contribution in [2.45, 2.75) is 6.18 Å². The number of hydrogen-bond acceptors (Lipinski definition) is 3. The summed E-state index contributed by atoms with van der Waals surface area (Å²) < 4.78 is 45.9. The van der Waals surface area contributed by atoms with Gasteiger partial charge in [0, 0.05) is 11.0 Å². The number of benzene rings is 1. The molecule has 0 heterocycles. The molecular formula is C11H13BrF3NO2. The topological polar surface area (TPSA) is 30.5 Å². The van der Waals surface area contributed by atoms with E-state index in [1.165, 1.54) is 7.11 Å². The van der Waals surface area contributed by atoms with Crippen molar-refractivity contribution in [3.05, 3.63) is 22.7 Å². The number of rotatable bonds is 6. The van der Waals surface area contributed by atoms with E-state index in [1.807, 2.05) is 6.07 Å². The summed E-state index contributed by atoms with van der Waals surface area (Å²) in [4.78, 5) is 0. The van der Waals surface area contributed by atoms with Crippen LogP contribution in [0, 0.1) is 0 Å². The Morgan fingerprint density at radius 3 is 2.67 bits per heavy atom. The van der Waals surface area contributed by atoms with Gasteiger partial charge in [0.25, 0.3) is 0 Å². The second kappa shape index (κ2) is 6.84. The fraction of sp³-hybridized carbons (Fsp3) is 0.455. The average molecular weight is 328 g/mol. The third-order valence-corrected chi connectivity index (χ3v) is 2.48. The van der Waals surface area contributed by atoms with Crippen LogP contribution in [0.2, 0.25) is 0 Å². The van der Waals surface area contributed by atoms with Crippen LogP contribution in [0.4, 0.5) is 18.9 Å². The molecule has 0 atom stereocenters. The van der Waals surface area contributed by atoms with Crippen LogP contribution >= 0.6 is 15.9 Å². The summed E-state index contributed by atoms with van der Waals surface area (Å²) in [5, 5.41) is 2.94. The molecule has 0 amide bonds. The molecule has 18 heavy (non-hydrogen) atoms. The van der Waals surface area contributed by atoms with Crippen molar-refractivity contribution in [3.8, 4) is 5.75 Å². The Hall–Kier alpha value is -0.950. The van der Waals surface area contributed by atoms with Crippen molar-refractivity contribution >= 4 is 21.6 Å². The Morgan fingerprint density at radius 2 is 2.06 bits per heavy atom. The maximum atomic E-state index is 11.8. The van der Waals surface area contributed by atoms with Crippen LogP contribution in [0.15, 0.2) is 22.7 Å². The highest BCUT2D eigenvalue weighted by molar-refractivity contribution is 9.10. The van der Waals surface area contributed by atoms with Crippen molar-refractivity contribution in [1.82, 2.24) is 0 Å². The predicted octanol–water partition coefficient (Wildman–Crippen LogP) is 3.45. The highest BCUT2D eigenvalue weighted by Crippen LogP contribution is 2.27. The van der Waals surface area contributed by atoms with Gasteiger partial charge in [-0.05, 0) is 18.2 Å². The molecule has 0 fully saturated rings. The van der Waals surface area contributed by atoms with E-state index in [0.29, 0.717) is 11.4 Å². The maximum absolute atomic E-state index is 11.8. The summed E-state index contributed by atoms with van der Waals surface area (Å²) >= 11 is 3.30. The van der Waals surface area contributed by atoms with Gasteiger partial charge in [-0.3, -0.25) is 0 Å². The summed E-state index contributed by atoms with van der Waals surface area (Å²) in [6.45, 7) is -0.998. The van der Waals surface area contributed by atoms with Gasteiger partial charge in [0.15, 0.2) is 0 Å².